The molecule has 2 aromatic rings. The van der Waals surface area contributed by atoms with Crippen molar-refractivity contribution in [2.24, 2.45) is 5.41 Å². The lowest BCUT2D eigenvalue weighted by Gasteiger charge is -2.28. The first-order valence-electron chi connectivity index (χ1n) is 7.54. The minimum Gasteiger partial charge on any atom is -0.494 e. The molecule has 0 aliphatic heterocycles. The van der Waals surface area contributed by atoms with E-state index in [1.807, 2.05) is 0 Å². The minimum atomic E-state index is -0.362. The number of halogens is 1. The monoisotopic (exact) mass is 308 g/mol. The van der Waals surface area contributed by atoms with E-state index in [0.717, 1.165) is 24.0 Å². The van der Waals surface area contributed by atoms with Crippen LogP contribution in [0.15, 0.2) is 12.1 Å². The number of methoxy groups -OCH3 is 1. The van der Waals surface area contributed by atoms with Gasteiger partial charge in [-0.05, 0) is 36.9 Å². The highest BCUT2D eigenvalue weighted by atomic mass is 32.1. The van der Waals surface area contributed by atoms with E-state index < -0.39 is 0 Å². The van der Waals surface area contributed by atoms with E-state index in [-0.39, 0.29) is 11.6 Å². The first kappa shape index (κ1) is 14.6. The fourth-order valence-electron chi connectivity index (χ4n) is 3.56. The molecule has 0 spiro atoms. The van der Waals surface area contributed by atoms with E-state index in [9.17, 15) is 4.39 Å². The number of hydrogen-bond donors (Lipinski definition) is 1. The number of hydrogen-bond acceptors (Lipinski definition) is 2. The summed E-state index contributed by atoms with van der Waals surface area (Å²) in [6, 6.07) is 3.21. The SMILES string of the molecule is CCC1(Cn2c(=S)[nH]c3cc(F)c(OC)cc32)CCCC1. The molecule has 1 heterocycles. The topological polar surface area (TPSA) is 29.9 Å². The molecule has 1 aliphatic rings. The quantitative estimate of drug-likeness (QED) is 0.821. The third-order valence-corrected chi connectivity index (χ3v) is 5.28. The van der Waals surface area contributed by atoms with Crippen LogP contribution in [0.2, 0.25) is 0 Å². The third-order valence-electron chi connectivity index (χ3n) is 4.96. The Morgan fingerprint density at radius 2 is 2.10 bits per heavy atom. The average Bonchev–Trinajstić information content (AvgIpc) is 3.05. The van der Waals surface area contributed by atoms with Crippen molar-refractivity contribution in [1.29, 1.82) is 0 Å². The number of nitrogens with zero attached hydrogens (tertiary/aromatic N) is 1. The van der Waals surface area contributed by atoms with Crippen molar-refractivity contribution in [3.8, 4) is 5.75 Å². The lowest BCUT2D eigenvalue weighted by molar-refractivity contribution is 0.239. The molecule has 1 saturated carbocycles. The van der Waals surface area contributed by atoms with Gasteiger partial charge in [-0.2, -0.15) is 0 Å². The maximum atomic E-state index is 13.8. The van der Waals surface area contributed by atoms with Crippen LogP contribution in [0.4, 0.5) is 4.39 Å². The molecule has 0 saturated heterocycles. The van der Waals surface area contributed by atoms with Crippen molar-refractivity contribution >= 4 is 23.3 Å². The van der Waals surface area contributed by atoms with Gasteiger partial charge in [0, 0.05) is 18.7 Å². The van der Waals surface area contributed by atoms with Crippen LogP contribution in [0.1, 0.15) is 39.0 Å². The highest BCUT2D eigenvalue weighted by Gasteiger charge is 2.33. The van der Waals surface area contributed by atoms with Crippen LogP contribution < -0.4 is 4.74 Å². The fraction of sp³-hybridized carbons (Fsp3) is 0.562. The molecule has 0 unspecified atom stereocenters. The summed E-state index contributed by atoms with van der Waals surface area (Å²) in [5, 5.41) is 0. The lowest BCUT2D eigenvalue weighted by Crippen LogP contribution is -2.22. The Balaban J connectivity index is 2.09. The molecule has 1 N–H and O–H groups in total. The zero-order chi connectivity index (χ0) is 15.0. The largest absolute Gasteiger partial charge is 0.494 e. The fourth-order valence-corrected chi connectivity index (χ4v) is 3.83. The van der Waals surface area contributed by atoms with Crippen LogP contribution in [0, 0.1) is 16.0 Å². The van der Waals surface area contributed by atoms with Gasteiger partial charge in [0.05, 0.1) is 18.1 Å². The molecule has 3 rings (SSSR count). The molecule has 1 aromatic carbocycles. The van der Waals surface area contributed by atoms with Gasteiger partial charge in [-0.25, -0.2) is 4.39 Å². The van der Waals surface area contributed by atoms with Crippen molar-refractivity contribution in [3.05, 3.63) is 22.7 Å². The van der Waals surface area contributed by atoms with E-state index in [1.54, 1.807) is 6.07 Å². The molecule has 0 radical (unpaired) electrons. The summed E-state index contributed by atoms with van der Waals surface area (Å²) in [5.41, 5.74) is 2.00. The normalized spacial score (nSPS) is 17.5. The lowest BCUT2D eigenvalue weighted by atomic mass is 9.83. The smallest absolute Gasteiger partial charge is 0.178 e. The summed E-state index contributed by atoms with van der Waals surface area (Å²) in [6.45, 7) is 3.15. The number of nitrogens with one attached hydrogen (secondary N) is 1. The van der Waals surface area contributed by atoms with Crippen LogP contribution >= 0.6 is 12.2 Å². The molecule has 0 amide bonds. The van der Waals surface area contributed by atoms with Crippen molar-refractivity contribution in [1.82, 2.24) is 9.55 Å². The van der Waals surface area contributed by atoms with Crippen LogP contribution in [-0.2, 0) is 6.54 Å². The number of aromatic amines is 1. The predicted octanol–water partition coefficient (Wildman–Crippen LogP) is 4.82. The summed E-state index contributed by atoms with van der Waals surface area (Å²) in [4.78, 5) is 3.12. The second-order valence-corrected chi connectivity index (χ2v) is 6.47. The number of imidazole rings is 1. The number of rotatable bonds is 4. The van der Waals surface area contributed by atoms with E-state index in [2.05, 4.69) is 16.5 Å². The Morgan fingerprint density at radius 1 is 1.38 bits per heavy atom. The highest BCUT2D eigenvalue weighted by molar-refractivity contribution is 7.71. The van der Waals surface area contributed by atoms with Gasteiger partial charge < -0.3 is 14.3 Å². The zero-order valence-corrected chi connectivity index (χ0v) is 13.4. The first-order chi connectivity index (χ1) is 10.1. The Hall–Kier alpha value is -1.36. The van der Waals surface area contributed by atoms with Crippen molar-refractivity contribution < 1.29 is 9.13 Å². The Bertz CT molecular complexity index is 713. The molecule has 1 fully saturated rings. The van der Waals surface area contributed by atoms with Gasteiger partial charge in [0.1, 0.15) is 0 Å². The Labute approximate surface area is 129 Å². The molecule has 5 heteroatoms. The second-order valence-electron chi connectivity index (χ2n) is 6.08. The van der Waals surface area contributed by atoms with Crippen LogP contribution in [0.3, 0.4) is 0 Å². The minimum absolute atomic E-state index is 0.266. The molecule has 1 aromatic heterocycles. The number of ether oxygens (including phenoxy) is 1. The van der Waals surface area contributed by atoms with Crippen molar-refractivity contribution in [2.75, 3.05) is 7.11 Å². The number of aromatic nitrogens is 2. The summed E-state index contributed by atoms with van der Waals surface area (Å²) in [6.07, 6.45) is 6.23. The first-order valence-corrected chi connectivity index (χ1v) is 7.95. The molecule has 3 nitrogen and oxygen atoms in total. The third kappa shape index (κ3) is 2.48. The maximum absolute atomic E-state index is 13.8. The van der Waals surface area contributed by atoms with Crippen LogP contribution in [-0.4, -0.2) is 16.7 Å². The van der Waals surface area contributed by atoms with Crippen LogP contribution in [0.25, 0.3) is 11.0 Å². The predicted molar refractivity (Wildman–Crippen MR) is 84.8 cm³/mol. The van der Waals surface area contributed by atoms with E-state index in [4.69, 9.17) is 17.0 Å². The van der Waals surface area contributed by atoms with Crippen molar-refractivity contribution in [2.45, 2.75) is 45.6 Å². The van der Waals surface area contributed by atoms with Gasteiger partial charge in [-0.15, -0.1) is 0 Å². The highest BCUT2D eigenvalue weighted by Crippen LogP contribution is 2.43. The molecular weight excluding hydrogens is 287 g/mol. The summed E-state index contributed by atoms with van der Waals surface area (Å²) in [7, 11) is 1.49. The van der Waals surface area contributed by atoms with E-state index >= 15 is 0 Å². The molecule has 0 atom stereocenters. The Morgan fingerprint density at radius 3 is 2.71 bits per heavy atom. The van der Waals surface area contributed by atoms with Gasteiger partial charge in [0.2, 0.25) is 0 Å². The molecular formula is C16H21FN2OS. The number of fused-ring (bicyclic) bond motifs is 1. The molecule has 114 valence electrons. The number of benzene rings is 1. The summed E-state index contributed by atoms with van der Waals surface area (Å²) in [5.74, 6) is -0.0957. The number of H-pyrrole nitrogens is 1. The molecule has 1 aliphatic carbocycles. The van der Waals surface area contributed by atoms with E-state index in [1.165, 1.54) is 38.9 Å². The van der Waals surface area contributed by atoms with Gasteiger partial charge in [-0.1, -0.05) is 19.8 Å². The van der Waals surface area contributed by atoms with Gasteiger partial charge >= 0.3 is 0 Å². The maximum Gasteiger partial charge on any atom is 0.178 e. The standard InChI is InChI=1S/C16H21FN2OS/c1-3-16(6-4-5-7-16)10-19-13-9-14(20-2)11(17)8-12(13)18-15(19)21/h8-9H,3-7,10H2,1-2H3,(H,18,21). The van der Waals surface area contributed by atoms with Gasteiger partial charge in [0.25, 0.3) is 0 Å². The summed E-state index contributed by atoms with van der Waals surface area (Å²) >= 11 is 5.45. The second kappa shape index (κ2) is 5.44. The van der Waals surface area contributed by atoms with Crippen LogP contribution in [0.5, 0.6) is 5.75 Å². The Kier molecular flexibility index (Phi) is 3.78. The van der Waals surface area contributed by atoms with Gasteiger partial charge in [-0.3, -0.25) is 0 Å². The average molecular weight is 308 g/mol. The molecule has 21 heavy (non-hydrogen) atoms. The van der Waals surface area contributed by atoms with Gasteiger partial charge in [0.15, 0.2) is 16.3 Å². The van der Waals surface area contributed by atoms with E-state index in [0.29, 0.717) is 10.2 Å². The summed E-state index contributed by atoms with van der Waals surface area (Å²) < 4.78 is 21.7. The zero-order valence-electron chi connectivity index (χ0n) is 12.5. The molecule has 0 bridgehead atoms. The van der Waals surface area contributed by atoms with Crippen molar-refractivity contribution in [3.63, 3.8) is 0 Å².